The van der Waals surface area contributed by atoms with E-state index in [1.807, 2.05) is 0 Å². The molecule has 9 heteroatoms. The van der Waals surface area contributed by atoms with Crippen molar-refractivity contribution in [3.63, 3.8) is 0 Å². The fourth-order valence-corrected chi connectivity index (χ4v) is 3.00. The van der Waals surface area contributed by atoms with Crippen LogP contribution >= 0.6 is 23.2 Å². The molecular weight excluding hydrogens is 427 g/mol. The summed E-state index contributed by atoms with van der Waals surface area (Å²) < 4.78 is 0. The number of amides is 2. The molecule has 0 fully saturated rings. The molecule has 7 nitrogen and oxygen atoms in total. The number of nitrogens with zero attached hydrogens (tertiary/aromatic N) is 2. The Morgan fingerprint density at radius 2 is 1.63 bits per heavy atom. The zero-order chi connectivity index (χ0) is 21.7. The third-order valence-corrected chi connectivity index (χ3v) is 4.35. The molecule has 1 aromatic heterocycles. The summed E-state index contributed by atoms with van der Waals surface area (Å²) in [5, 5.41) is 3.40. The van der Waals surface area contributed by atoms with Gasteiger partial charge in [-0.25, -0.2) is 0 Å². The molecular formula is C21H16Cl2N4O3. The van der Waals surface area contributed by atoms with Gasteiger partial charge in [0.2, 0.25) is 17.4 Å². The fraction of sp³-hybridized carbons (Fsp3) is 0.0476. The first kappa shape index (κ1) is 21.3. The molecule has 2 N–H and O–H groups in total. The van der Waals surface area contributed by atoms with E-state index >= 15 is 0 Å². The number of carbonyl (C=O) groups is 2. The number of benzene rings is 2. The molecule has 0 spiro atoms. The largest absolute Gasteiger partial charge is 0.307 e. The number of nitrogens with one attached hydrogen (secondary N) is 2. The monoisotopic (exact) mass is 442 g/mol. The van der Waals surface area contributed by atoms with Crippen LogP contribution in [0.15, 0.2) is 76.5 Å². The number of aliphatic imine (C=N–C) groups is 1. The molecule has 0 saturated heterocycles. The fourth-order valence-electron chi connectivity index (χ4n) is 2.62. The average molecular weight is 443 g/mol. The van der Waals surface area contributed by atoms with Gasteiger partial charge in [-0.2, -0.15) is 4.99 Å². The first-order valence-electron chi connectivity index (χ1n) is 8.75. The van der Waals surface area contributed by atoms with Crippen molar-refractivity contribution in [2.45, 2.75) is 6.92 Å². The molecule has 2 amide bonds. The summed E-state index contributed by atoms with van der Waals surface area (Å²) in [6.45, 7) is 1.32. The lowest BCUT2D eigenvalue weighted by Crippen LogP contribution is -2.46. The van der Waals surface area contributed by atoms with E-state index in [1.54, 1.807) is 42.5 Å². The summed E-state index contributed by atoms with van der Waals surface area (Å²) >= 11 is 12.0. The number of aromatic amines is 1. The molecule has 3 rings (SSSR count). The summed E-state index contributed by atoms with van der Waals surface area (Å²) in [7, 11) is 0. The van der Waals surface area contributed by atoms with Crippen LogP contribution in [0.5, 0.6) is 0 Å². The standard InChI is InChI=1S/C21H16Cl2N4O3/c1-13(28)27(17-8-3-7-16(23)12-17)21(25-18-9-4-10-19(29)24-18)26-20(30)14-5-2-6-15(22)11-14/h2-12H,1H3,(H2,24,25,26,29,30). The molecule has 0 bridgehead atoms. The van der Waals surface area contributed by atoms with Crippen molar-refractivity contribution in [2.24, 2.45) is 4.99 Å². The van der Waals surface area contributed by atoms with Gasteiger partial charge in [-0.3, -0.25) is 24.6 Å². The first-order valence-corrected chi connectivity index (χ1v) is 9.50. The minimum absolute atomic E-state index is 0.114. The van der Waals surface area contributed by atoms with Gasteiger partial charge in [-0.05, 0) is 42.5 Å². The van der Waals surface area contributed by atoms with E-state index < -0.39 is 11.8 Å². The first-order chi connectivity index (χ1) is 14.3. The second kappa shape index (κ2) is 9.39. The quantitative estimate of drug-likeness (QED) is 0.470. The Bertz CT molecular complexity index is 1190. The van der Waals surface area contributed by atoms with Gasteiger partial charge in [0.15, 0.2) is 0 Å². The van der Waals surface area contributed by atoms with Gasteiger partial charge in [0, 0.05) is 28.6 Å². The molecule has 30 heavy (non-hydrogen) atoms. The van der Waals surface area contributed by atoms with E-state index in [1.165, 1.54) is 36.1 Å². The van der Waals surface area contributed by atoms with E-state index in [2.05, 4.69) is 15.3 Å². The zero-order valence-electron chi connectivity index (χ0n) is 15.7. The van der Waals surface area contributed by atoms with Crippen LogP contribution in [0.2, 0.25) is 10.0 Å². The van der Waals surface area contributed by atoms with Crippen molar-refractivity contribution >= 4 is 52.5 Å². The number of carbonyl (C=O) groups excluding carboxylic acids is 2. The smallest absolute Gasteiger partial charge is 0.258 e. The number of rotatable bonds is 3. The highest BCUT2D eigenvalue weighted by Crippen LogP contribution is 2.21. The van der Waals surface area contributed by atoms with Crippen molar-refractivity contribution in [1.82, 2.24) is 10.3 Å². The van der Waals surface area contributed by atoms with Gasteiger partial charge in [0.1, 0.15) is 5.82 Å². The Kier molecular flexibility index (Phi) is 6.66. The minimum atomic E-state index is -0.539. The van der Waals surface area contributed by atoms with Gasteiger partial charge < -0.3 is 4.98 Å². The molecule has 3 aromatic rings. The van der Waals surface area contributed by atoms with Crippen LogP contribution in [0.25, 0.3) is 0 Å². The second-order valence-electron chi connectivity index (χ2n) is 6.13. The van der Waals surface area contributed by atoms with Crippen molar-refractivity contribution < 1.29 is 9.59 Å². The minimum Gasteiger partial charge on any atom is -0.307 e. The summed E-state index contributed by atoms with van der Waals surface area (Å²) in [5.74, 6) is -0.933. The third-order valence-electron chi connectivity index (χ3n) is 3.88. The molecule has 2 aromatic carbocycles. The predicted molar refractivity (Wildman–Crippen MR) is 118 cm³/mol. The highest BCUT2D eigenvalue weighted by Gasteiger charge is 2.22. The number of pyridine rings is 1. The van der Waals surface area contributed by atoms with E-state index in [4.69, 9.17) is 23.2 Å². The molecule has 0 aliphatic rings. The van der Waals surface area contributed by atoms with Gasteiger partial charge in [0.05, 0.1) is 5.69 Å². The lowest BCUT2D eigenvalue weighted by molar-refractivity contribution is -0.115. The second-order valence-corrected chi connectivity index (χ2v) is 7.01. The molecule has 0 radical (unpaired) electrons. The maximum absolute atomic E-state index is 12.8. The topological polar surface area (TPSA) is 94.6 Å². The van der Waals surface area contributed by atoms with Gasteiger partial charge in [-0.1, -0.05) is 41.4 Å². The lowest BCUT2D eigenvalue weighted by atomic mass is 10.2. The highest BCUT2D eigenvalue weighted by molar-refractivity contribution is 6.32. The van der Waals surface area contributed by atoms with E-state index in [0.717, 1.165) is 0 Å². The molecule has 0 aliphatic carbocycles. The van der Waals surface area contributed by atoms with Crippen LogP contribution in [0, 0.1) is 0 Å². The summed E-state index contributed by atoms with van der Waals surface area (Å²) in [4.78, 5) is 44.9. The zero-order valence-corrected chi connectivity index (χ0v) is 17.2. The number of hydrogen-bond acceptors (Lipinski definition) is 4. The van der Waals surface area contributed by atoms with Crippen LogP contribution in [0.1, 0.15) is 17.3 Å². The normalized spacial score (nSPS) is 11.1. The van der Waals surface area contributed by atoms with E-state index in [9.17, 15) is 14.4 Å². The number of anilines is 1. The maximum atomic E-state index is 12.8. The van der Waals surface area contributed by atoms with Crippen LogP contribution in [0.4, 0.5) is 11.5 Å². The van der Waals surface area contributed by atoms with Crippen LogP contribution < -0.4 is 15.8 Å². The molecule has 0 atom stereocenters. The van der Waals surface area contributed by atoms with Crippen molar-refractivity contribution in [1.29, 1.82) is 0 Å². The molecule has 0 unspecified atom stereocenters. The number of hydrogen-bond donors (Lipinski definition) is 2. The Morgan fingerprint density at radius 3 is 2.27 bits per heavy atom. The van der Waals surface area contributed by atoms with E-state index in [-0.39, 0.29) is 22.9 Å². The Hall–Kier alpha value is -3.42. The van der Waals surface area contributed by atoms with Gasteiger partial charge in [-0.15, -0.1) is 0 Å². The summed E-state index contributed by atoms with van der Waals surface area (Å²) in [6, 6.07) is 17.2. The Balaban J connectivity index is 2.09. The molecule has 0 aliphatic heterocycles. The number of aromatic nitrogens is 1. The predicted octanol–water partition coefficient (Wildman–Crippen LogP) is 4.15. The molecule has 152 valence electrons. The van der Waals surface area contributed by atoms with E-state index in [0.29, 0.717) is 15.7 Å². The number of H-pyrrole nitrogens is 1. The Morgan fingerprint density at radius 1 is 0.967 bits per heavy atom. The number of guanidine groups is 1. The maximum Gasteiger partial charge on any atom is 0.258 e. The van der Waals surface area contributed by atoms with Gasteiger partial charge >= 0.3 is 0 Å². The van der Waals surface area contributed by atoms with Crippen molar-refractivity contribution in [2.75, 3.05) is 4.90 Å². The van der Waals surface area contributed by atoms with Crippen molar-refractivity contribution in [3.05, 3.63) is 92.7 Å². The average Bonchev–Trinajstić information content (AvgIpc) is 2.68. The molecule has 1 heterocycles. The van der Waals surface area contributed by atoms with Crippen LogP contribution in [-0.2, 0) is 4.79 Å². The number of halogens is 2. The SMILES string of the molecule is CC(=O)N(/C(=N/c1cccc(=O)[nH]1)NC(=O)c1cccc(Cl)c1)c1cccc(Cl)c1. The van der Waals surface area contributed by atoms with Gasteiger partial charge in [0.25, 0.3) is 5.91 Å². The van der Waals surface area contributed by atoms with Crippen LogP contribution in [-0.4, -0.2) is 22.8 Å². The highest BCUT2D eigenvalue weighted by atomic mass is 35.5. The summed E-state index contributed by atoms with van der Waals surface area (Å²) in [5.41, 5.74) is 0.277. The Labute approximate surface area is 182 Å². The third kappa shape index (κ3) is 5.34. The lowest BCUT2D eigenvalue weighted by Gasteiger charge is -2.23. The summed E-state index contributed by atoms with van der Waals surface area (Å²) in [6.07, 6.45) is 0. The van der Waals surface area contributed by atoms with Crippen LogP contribution in [0.3, 0.4) is 0 Å². The molecule has 0 saturated carbocycles. The van der Waals surface area contributed by atoms with Crippen molar-refractivity contribution in [3.8, 4) is 0 Å².